The molecule has 3 rings (SSSR count). The largest absolute Gasteiger partial charge is 0.484 e. The highest BCUT2D eigenvalue weighted by molar-refractivity contribution is 5.77. The minimum atomic E-state index is -0.0749. The molecule has 0 aromatic heterocycles. The van der Waals surface area contributed by atoms with Crippen LogP contribution in [0.1, 0.15) is 12.5 Å². The second-order valence-corrected chi connectivity index (χ2v) is 7.13. The van der Waals surface area contributed by atoms with Crippen molar-refractivity contribution in [2.24, 2.45) is 0 Å². The Bertz CT molecular complexity index is 685. The number of carbonyl (C=O) groups is 1. The summed E-state index contributed by atoms with van der Waals surface area (Å²) >= 11 is 0. The Labute approximate surface area is 161 Å². The van der Waals surface area contributed by atoms with Gasteiger partial charge < -0.3 is 10.1 Å². The fourth-order valence-electron chi connectivity index (χ4n) is 3.39. The van der Waals surface area contributed by atoms with Crippen molar-refractivity contribution in [2.45, 2.75) is 19.5 Å². The van der Waals surface area contributed by atoms with E-state index in [1.54, 1.807) is 0 Å². The van der Waals surface area contributed by atoms with E-state index in [2.05, 4.69) is 52.4 Å². The molecule has 0 bridgehead atoms. The number of piperazine rings is 1. The third-order valence-electron chi connectivity index (χ3n) is 4.77. The zero-order valence-electron chi connectivity index (χ0n) is 16.0. The van der Waals surface area contributed by atoms with Crippen molar-refractivity contribution < 1.29 is 9.53 Å². The minimum absolute atomic E-state index is 0.0548. The van der Waals surface area contributed by atoms with Gasteiger partial charge >= 0.3 is 0 Å². The van der Waals surface area contributed by atoms with E-state index in [-0.39, 0.29) is 18.6 Å². The molecule has 1 saturated heterocycles. The van der Waals surface area contributed by atoms with Crippen LogP contribution in [-0.2, 0) is 11.3 Å². The van der Waals surface area contributed by atoms with Gasteiger partial charge in [0.2, 0.25) is 0 Å². The molecule has 1 fully saturated rings. The Morgan fingerprint density at radius 1 is 0.963 bits per heavy atom. The van der Waals surface area contributed by atoms with Crippen LogP contribution in [-0.4, -0.2) is 61.1 Å². The normalized spacial score (nSPS) is 16.6. The van der Waals surface area contributed by atoms with Gasteiger partial charge in [0, 0.05) is 45.3 Å². The Morgan fingerprint density at radius 3 is 2.22 bits per heavy atom. The predicted octanol–water partition coefficient (Wildman–Crippen LogP) is 2.39. The van der Waals surface area contributed by atoms with Gasteiger partial charge in [-0.05, 0) is 24.6 Å². The molecule has 1 amide bonds. The maximum Gasteiger partial charge on any atom is 0.258 e. The summed E-state index contributed by atoms with van der Waals surface area (Å²) in [4.78, 5) is 17.0. The summed E-state index contributed by atoms with van der Waals surface area (Å²) < 4.78 is 5.50. The van der Waals surface area contributed by atoms with E-state index in [1.807, 2.05) is 30.3 Å². The minimum Gasteiger partial charge on any atom is -0.484 e. The molecule has 0 radical (unpaired) electrons. The maximum absolute atomic E-state index is 12.1. The van der Waals surface area contributed by atoms with E-state index in [9.17, 15) is 4.79 Å². The summed E-state index contributed by atoms with van der Waals surface area (Å²) in [6.07, 6.45) is 0. The Balaban J connectivity index is 1.33. The summed E-state index contributed by atoms with van der Waals surface area (Å²) in [6, 6.07) is 20.1. The van der Waals surface area contributed by atoms with Crippen molar-refractivity contribution in [2.75, 3.05) is 39.3 Å². The first-order valence-corrected chi connectivity index (χ1v) is 9.65. The second kappa shape index (κ2) is 10.1. The van der Waals surface area contributed by atoms with Gasteiger partial charge in [-0.25, -0.2) is 0 Å². The number of nitrogens with one attached hydrogen (secondary N) is 1. The lowest BCUT2D eigenvalue weighted by Crippen LogP contribution is -2.50. The lowest BCUT2D eigenvalue weighted by atomic mass is 10.2. The summed E-state index contributed by atoms with van der Waals surface area (Å²) in [5, 5.41) is 3.03. The molecule has 27 heavy (non-hydrogen) atoms. The van der Waals surface area contributed by atoms with Crippen molar-refractivity contribution in [1.29, 1.82) is 0 Å². The highest BCUT2D eigenvalue weighted by atomic mass is 16.5. The highest BCUT2D eigenvalue weighted by Gasteiger charge is 2.19. The van der Waals surface area contributed by atoms with Gasteiger partial charge in [-0.3, -0.25) is 14.6 Å². The van der Waals surface area contributed by atoms with E-state index < -0.39 is 0 Å². The number of benzene rings is 2. The molecule has 144 valence electrons. The van der Waals surface area contributed by atoms with Crippen molar-refractivity contribution in [3.8, 4) is 5.75 Å². The van der Waals surface area contributed by atoms with Crippen molar-refractivity contribution in [3.05, 3.63) is 66.2 Å². The number of hydrogen-bond acceptors (Lipinski definition) is 4. The van der Waals surface area contributed by atoms with Crippen LogP contribution in [0.25, 0.3) is 0 Å². The Morgan fingerprint density at radius 2 is 1.56 bits per heavy atom. The molecule has 1 heterocycles. The van der Waals surface area contributed by atoms with Gasteiger partial charge in [0.05, 0.1) is 0 Å². The van der Waals surface area contributed by atoms with E-state index in [0.29, 0.717) is 0 Å². The molecule has 1 atom stereocenters. The molecule has 0 spiro atoms. The molecule has 0 aliphatic carbocycles. The number of rotatable bonds is 8. The first-order valence-electron chi connectivity index (χ1n) is 9.65. The van der Waals surface area contributed by atoms with Gasteiger partial charge in [-0.2, -0.15) is 0 Å². The van der Waals surface area contributed by atoms with Crippen LogP contribution in [0.5, 0.6) is 5.75 Å². The summed E-state index contributed by atoms with van der Waals surface area (Å²) in [5.41, 5.74) is 1.37. The number of amides is 1. The van der Waals surface area contributed by atoms with Gasteiger partial charge in [-0.15, -0.1) is 0 Å². The van der Waals surface area contributed by atoms with Crippen LogP contribution in [0.4, 0.5) is 0 Å². The van der Waals surface area contributed by atoms with Crippen molar-refractivity contribution in [1.82, 2.24) is 15.1 Å². The van der Waals surface area contributed by atoms with Gasteiger partial charge in [0.15, 0.2) is 6.61 Å². The zero-order chi connectivity index (χ0) is 18.9. The molecule has 1 aliphatic rings. The van der Waals surface area contributed by atoms with Crippen LogP contribution in [0.15, 0.2) is 60.7 Å². The van der Waals surface area contributed by atoms with Gasteiger partial charge in [-0.1, -0.05) is 48.5 Å². The maximum atomic E-state index is 12.1. The number of ether oxygens (including phenoxy) is 1. The molecule has 0 unspecified atom stereocenters. The van der Waals surface area contributed by atoms with Gasteiger partial charge in [0.25, 0.3) is 5.91 Å². The predicted molar refractivity (Wildman–Crippen MR) is 108 cm³/mol. The van der Waals surface area contributed by atoms with Crippen LogP contribution in [0, 0.1) is 0 Å². The summed E-state index contributed by atoms with van der Waals surface area (Å²) in [6.45, 7) is 8.19. The molecule has 2 aromatic carbocycles. The van der Waals surface area contributed by atoms with Crippen LogP contribution >= 0.6 is 0 Å². The molecule has 0 saturated carbocycles. The SMILES string of the molecule is C[C@@H](CN1CCN(Cc2ccccc2)CC1)NC(=O)COc1ccccc1. The van der Waals surface area contributed by atoms with Gasteiger partial charge in [0.1, 0.15) is 5.75 Å². The Hall–Kier alpha value is -2.37. The van der Waals surface area contributed by atoms with E-state index in [1.165, 1.54) is 5.56 Å². The first kappa shape index (κ1) is 19.4. The van der Waals surface area contributed by atoms with E-state index >= 15 is 0 Å². The summed E-state index contributed by atoms with van der Waals surface area (Å²) in [5.74, 6) is 0.643. The lowest BCUT2D eigenvalue weighted by molar-refractivity contribution is -0.123. The monoisotopic (exact) mass is 367 g/mol. The third kappa shape index (κ3) is 6.70. The van der Waals surface area contributed by atoms with Crippen molar-refractivity contribution in [3.63, 3.8) is 0 Å². The van der Waals surface area contributed by atoms with Crippen LogP contribution in [0.2, 0.25) is 0 Å². The highest BCUT2D eigenvalue weighted by Crippen LogP contribution is 2.09. The Kier molecular flexibility index (Phi) is 7.25. The summed E-state index contributed by atoms with van der Waals surface area (Å²) in [7, 11) is 0. The standard InChI is InChI=1S/C22H29N3O2/c1-19(23-22(26)18-27-21-10-6-3-7-11-21)16-24-12-14-25(15-13-24)17-20-8-4-2-5-9-20/h2-11,19H,12-18H2,1H3,(H,23,26)/t19-/m0/s1. The molecule has 2 aromatic rings. The molecular formula is C22H29N3O2. The number of hydrogen-bond donors (Lipinski definition) is 1. The van der Waals surface area contributed by atoms with Crippen LogP contribution < -0.4 is 10.1 Å². The average molecular weight is 367 g/mol. The molecule has 5 heteroatoms. The van der Waals surface area contributed by atoms with Crippen molar-refractivity contribution >= 4 is 5.91 Å². The fourth-order valence-corrected chi connectivity index (χ4v) is 3.39. The zero-order valence-corrected chi connectivity index (χ0v) is 16.0. The van der Waals surface area contributed by atoms with E-state index in [4.69, 9.17) is 4.74 Å². The number of para-hydroxylation sites is 1. The van der Waals surface area contributed by atoms with Crippen LogP contribution in [0.3, 0.4) is 0 Å². The fraction of sp³-hybridized carbons (Fsp3) is 0.409. The smallest absolute Gasteiger partial charge is 0.258 e. The lowest BCUT2D eigenvalue weighted by Gasteiger charge is -2.36. The third-order valence-corrected chi connectivity index (χ3v) is 4.77. The molecule has 5 nitrogen and oxygen atoms in total. The topological polar surface area (TPSA) is 44.8 Å². The number of nitrogens with zero attached hydrogens (tertiary/aromatic N) is 2. The average Bonchev–Trinajstić information content (AvgIpc) is 2.69. The van der Waals surface area contributed by atoms with E-state index in [0.717, 1.165) is 45.0 Å². The molecule has 1 N–H and O–H groups in total. The number of carbonyl (C=O) groups excluding carboxylic acids is 1. The molecular weight excluding hydrogens is 338 g/mol. The second-order valence-electron chi connectivity index (χ2n) is 7.13. The quantitative estimate of drug-likeness (QED) is 0.778. The first-order chi connectivity index (χ1) is 13.2. The molecule has 1 aliphatic heterocycles.